The lowest BCUT2D eigenvalue weighted by molar-refractivity contribution is -0.136. The average molecular weight is 415 g/mol. The van der Waals surface area contributed by atoms with Crippen LogP contribution in [0.3, 0.4) is 0 Å². The number of rotatable bonds is 5. The molecule has 0 fully saturated rings. The number of amides is 1. The molecule has 2 N–H and O–H groups in total. The van der Waals surface area contributed by atoms with E-state index in [2.05, 4.69) is 5.32 Å². The summed E-state index contributed by atoms with van der Waals surface area (Å²) in [5, 5.41) is 12.9. The number of β-amino-alcohol motifs (C(OH)–C–C–N with tert-alkyl or cyclic N) is 1. The molecule has 0 radical (unpaired) electrons. The molecule has 1 aliphatic heterocycles. The summed E-state index contributed by atoms with van der Waals surface area (Å²) >= 11 is 0. The van der Waals surface area contributed by atoms with Crippen LogP contribution < -0.4 is 5.32 Å². The molecule has 9 nitrogen and oxygen atoms in total. The Morgan fingerprint density at radius 3 is 2.60 bits per heavy atom. The van der Waals surface area contributed by atoms with E-state index in [1.165, 1.54) is 16.6 Å². The SMILES string of the molecule is COC(=O)C1=C(Nc2cccc3c2ccn3C(=O)OC(C)(C)C)C(=O)N(CCO)C1. The average Bonchev–Trinajstić information content (AvgIpc) is 3.24. The summed E-state index contributed by atoms with van der Waals surface area (Å²) in [6.45, 7) is 5.28. The van der Waals surface area contributed by atoms with Crippen LogP contribution in [0, 0.1) is 0 Å². The highest BCUT2D eigenvalue weighted by atomic mass is 16.6. The summed E-state index contributed by atoms with van der Waals surface area (Å²) in [6, 6.07) is 6.96. The molecule has 0 atom stereocenters. The van der Waals surface area contributed by atoms with Crippen molar-refractivity contribution in [3.63, 3.8) is 0 Å². The highest BCUT2D eigenvalue weighted by molar-refractivity contribution is 6.10. The molecule has 9 heteroatoms. The van der Waals surface area contributed by atoms with Gasteiger partial charge in [0.1, 0.15) is 11.3 Å². The molecule has 30 heavy (non-hydrogen) atoms. The van der Waals surface area contributed by atoms with Gasteiger partial charge in [0.25, 0.3) is 5.91 Å². The van der Waals surface area contributed by atoms with E-state index >= 15 is 0 Å². The topological polar surface area (TPSA) is 110 Å². The number of aliphatic hydroxyl groups is 1. The lowest BCUT2D eigenvalue weighted by atomic mass is 10.2. The number of nitrogens with zero attached hydrogens (tertiary/aromatic N) is 2. The third kappa shape index (κ3) is 4.16. The van der Waals surface area contributed by atoms with Crippen LogP contribution in [0.2, 0.25) is 0 Å². The fourth-order valence-electron chi connectivity index (χ4n) is 3.23. The van der Waals surface area contributed by atoms with Crippen molar-refractivity contribution in [2.75, 3.05) is 32.1 Å². The second kappa shape index (κ2) is 8.19. The van der Waals surface area contributed by atoms with Crippen molar-refractivity contribution in [2.45, 2.75) is 26.4 Å². The summed E-state index contributed by atoms with van der Waals surface area (Å²) in [4.78, 5) is 38.8. The minimum absolute atomic E-state index is 0.0449. The number of hydrogen-bond acceptors (Lipinski definition) is 7. The summed E-state index contributed by atoms with van der Waals surface area (Å²) < 4.78 is 11.6. The van der Waals surface area contributed by atoms with Gasteiger partial charge in [-0.1, -0.05) is 6.07 Å². The molecule has 0 bridgehead atoms. The highest BCUT2D eigenvalue weighted by Crippen LogP contribution is 2.29. The highest BCUT2D eigenvalue weighted by Gasteiger charge is 2.34. The van der Waals surface area contributed by atoms with Gasteiger partial charge in [-0.05, 0) is 39.0 Å². The molecule has 1 aliphatic rings. The van der Waals surface area contributed by atoms with Gasteiger partial charge in [0.2, 0.25) is 0 Å². The fraction of sp³-hybridized carbons (Fsp3) is 0.381. The van der Waals surface area contributed by atoms with Crippen LogP contribution >= 0.6 is 0 Å². The lowest BCUT2D eigenvalue weighted by Crippen LogP contribution is -2.31. The summed E-state index contributed by atoms with van der Waals surface area (Å²) in [5.74, 6) is -1.03. The maximum absolute atomic E-state index is 12.7. The first-order valence-corrected chi connectivity index (χ1v) is 9.48. The number of aromatic nitrogens is 1. The predicted molar refractivity (Wildman–Crippen MR) is 110 cm³/mol. The van der Waals surface area contributed by atoms with Crippen LogP contribution in [0.4, 0.5) is 10.5 Å². The predicted octanol–water partition coefficient (Wildman–Crippen LogP) is 2.10. The van der Waals surface area contributed by atoms with E-state index < -0.39 is 23.6 Å². The molecule has 0 aliphatic carbocycles. The van der Waals surface area contributed by atoms with Crippen LogP contribution in [0.25, 0.3) is 10.9 Å². The number of fused-ring (bicyclic) bond motifs is 1. The maximum Gasteiger partial charge on any atom is 0.418 e. The zero-order valence-electron chi connectivity index (χ0n) is 17.4. The van der Waals surface area contributed by atoms with Crippen molar-refractivity contribution in [1.29, 1.82) is 0 Å². The zero-order valence-corrected chi connectivity index (χ0v) is 17.4. The Morgan fingerprint density at radius 2 is 1.97 bits per heavy atom. The molecule has 0 spiro atoms. The molecular formula is C21H25N3O6. The number of anilines is 1. The number of ether oxygens (including phenoxy) is 2. The molecule has 1 aromatic carbocycles. The Hall–Kier alpha value is -3.33. The van der Waals surface area contributed by atoms with Gasteiger partial charge in [-0.15, -0.1) is 0 Å². The molecule has 160 valence electrons. The largest absolute Gasteiger partial charge is 0.466 e. The van der Waals surface area contributed by atoms with E-state index in [9.17, 15) is 19.5 Å². The monoisotopic (exact) mass is 415 g/mol. The summed E-state index contributed by atoms with van der Waals surface area (Å²) in [5.41, 5.74) is 0.765. The number of hydrogen-bond donors (Lipinski definition) is 2. The Morgan fingerprint density at radius 1 is 1.23 bits per heavy atom. The first-order chi connectivity index (χ1) is 14.2. The van der Waals surface area contributed by atoms with Gasteiger partial charge in [-0.25, -0.2) is 9.59 Å². The summed E-state index contributed by atoms with van der Waals surface area (Å²) in [6.07, 6.45) is 1.07. The maximum atomic E-state index is 12.7. The van der Waals surface area contributed by atoms with E-state index in [0.29, 0.717) is 16.6 Å². The molecule has 0 saturated carbocycles. The van der Waals surface area contributed by atoms with Crippen molar-refractivity contribution in [3.05, 3.63) is 41.7 Å². The molecule has 3 rings (SSSR count). The van der Waals surface area contributed by atoms with Gasteiger partial charge in [-0.3, -0.25) is 9.36 Å². The van der Waals surface area contributed by atoms with Gasteiger partial charge in [-0.2, -0.15) is 0 Å². The smallest absolute Gasteiger partial charge is 0.418 e. The quantitative estimate of drug-likeness (QED) is 0.720. The van der Waals surface area contributed by atoms with Gasteiger partial charge in [0.15, 0.2) is 0 Å². The van der Waals surface area contributed by atoms with Gasteiger partial charge >= 0.3 is 12.1 Å². The minimum Gasteiger partial charge on any atom is -0.466 e. The van der Waals surface area contributed by atoms with E-state index in [1.54, 1.807) is 51.2 Å². The van der Waals surface area contributed by atoms with Crippen molar-refractivity contribution < 1.29 is 29.0 Å². The Bertz CT molecular complexity index is 1030. The first kappa shape index (κ1) is 21.4. The molecule has 1 amide bonds. The van der Waals surface area contributed by atoms with Crippen LogP contribution in [0.5, 0.6) is 0 Å². The van der Waals surface area contributed by atoms with Crippen LogP contribution in [-0.4, -0.2) is 65.0 Å². The van der Waals surface area contributed by atoms with E-state index in [4.69, 9.17) is 9.47 Å². The Kier molecular flexibility index (Phi) is 5.84. The minimum atomic E-state index is -0.643. The van der Waals surface area contributed by atoms with Crippen LogP contribution in [0.1, 0.15) is 20.8 Å². The molecule has 0 unspecified atom stereocenters. The zero-order chi connectivity index (χ0) is 22.1. The standard InChI is InChI=1S/C21H25N3O6/c1-21(2,3)30-20(28)24-9-8-13-15(6-5-7-16(13)24)22-17-14(19(27)29-4)12-23(10-11-25)18(17)26/h5-9,22,25H,10-12H2,1-4H3. The normalized spacial score (nSPS) is 14.4. The summed E-state index contributed by atoms with van der Waals surface area (Å²) in [7, 11) is 1.24. The number of carbonyl (C=O) groups excluding carboxylic acids is 3. The van der Waals surface area contributed by atoms with Gasteiger partial charge in [0, 0.05) is 23.8 Å². The van der Waals surface area contributed by atoms with Crippen molar-refractivity contribution in [3.8, 4) is 0 Å². The van der Waals surface area contributed by atoms with E-state index in [-0.39, 0.29) is 31.0 Å². The van der Waals surface area contributed by atoms with Crippen LogP contribution in [-0.2, 0) is 19.1 Å². The van der Waals surface area contributed by atoms with Gasteiger partial charge < -0.3 is 24.8 Å². The fourth-order valence-corrected chi connectivity index (χ4v) is 3.23. The van der Waals surface area contributed by atoms with Gasteiger partial charge in [0.05, 0.1) is 31.4 Å². The van der Waals surface area contributed by atoms with E-state index in [1.807, 2.05) is 0 Å². The lowest BCUT2D eigenvalue weighted by Gasteiger charge is -2.20. The number of carbonyl (C=O) groups is 3. The van der Waals surface area contributed by atoms with E-state index in [0.717, 1.165) is 0 Å². The van der Waals surface area contributed by atoms with Crippen LogP contribution in [0.15, 0.2) is 41.7 Å². The molecule has 1 aromatic heterocycles. The number of benzene rings is 1. The number of nitrogens with one attached hydrogen (secondary N) is 1. The number of esters is 1. The molecular weight excluding hydrogens is 390 g/mol. The van der Waals surface area contributed by atoms with Crippen molar-refractivity contribution >= 4 is 34.6 Å². The van der Waals surface area contributed by atoms with Crippen molar-refractivity contribution in [2.24, 2.45) is 0 Å². The third-order valence-corrected chi connectivity index (χ3v) is 4.54. The molecule has 2 heterocycles. The molecule has 2 aromatic rings. The van der Waals surface area contributed by atoms with Crippen molar-refractivity contribution in [1.82, 2.24) is 9.47 Å². The Labute approximate surface area is 173 Å². The Balaban J connectivity index is 1.98. The molecule has 0 saturated heterocycles. The second-order valence-electron chi connectivity index (χ2n) is 7.82. The third-order valence-electron chi connectivity index (χ3n) is 4.54. The second-order valence-corrected chi connectivity index (χ2v) is 7.82. The number of aliphatic hydroxyl groups excluding tert-OH is 1. The number of methoxy groups -OCH3 is 1. The first-order valence-electron chi connectivity index (χ1n) is 9.48.